The van der Waals surface area contributed by atoms with E-state index < -0.39 is 27.9 Å². The van der Waals surface area contributed by atoms with Crippen molar-refractivity contribution in [3.05, 3.63) is 60.2 Å². The van der Waals surface area contributed by atoms with E-state index >= 15 is 0 Å². The first-order valence-corrected chi connectivity index (χ1v) is 10.0. The zero-order valence-corrected chi connectivity index (χ0v) is 15.4. The van der Waals surface area contributed by atoms with Crippen LogP contribution in [-0.2, 0) is 14.8 Å². The van der Waals surface area contributed by atoms with E-state index in [4.69, 9.17) is 5.11 Å². The summed E-state index contributed by atoms with van der Waals surface area (Å²) in [5, 5.41) is 11.6. The number of piperidine rings is 1. The third-order valence-corrected chi connectivity index (χ3v) is 6.43. The molecule has 1 atom stereocenters. The molecule has 27 heavy (non-hydrogen) atoms. The Morgan fingerprint density at radius 3 is 2.30 bits per heavy atom. The molecule has 8 heteroatoms. The molecule has 1 amide bonds. The maximum atomic E-state index is 13.0. The molecule has 142 valence electrons. The molecule has 0 saturated carbocycles. The molecular formula is C19H20N2O5S. The number of carbonyl (C=O) groups excluding carboxylic acids is 1. The maximum Gasteiger partial charge on any atom is 0.335 e. The summed E-state index contributed by atoms with van der Waals surface area (Å²) in [6, 6.07) is 13.0. The number of rotatable bonds is 5. The Bertz CT molecular complexity index is 926. The molecule has 0 bridgehead atoms. The van der Waals surface area contributed by atoms with E-state index in [-0.39, 0.29) is 17.0 Å². The average Bonchev–Trinajstić information content (AvgIpc) is 2.69. The van der Waals surface area contributed by atoms with E-state index in [2.05, 4.69) is 5.32 Å². The van der Waals surface area contributed by atoms with Gasteiger partial charge in [0.05, 0.1) is 10.5 Å². The molecule has 0 spiro atoms. The van der Waals surface area contributed by atoms with Crippen LogP contribution < -0.4 is 5.32 Å². The number of anilines is 1. The number of aromatic carboxylic acids is 1. The Hall–Kier alpha value is -2.71. The number of amides is 1. The monoisotopic (exact) mass is 388 g/mol. The lowest BCUT2D eigenvalue weighted by atomic mass is 10.0. The predicted octanol–water partition coefficient (Wildman–Crippen LogP) is 2.57. The largest absolute Gasteiger partial charge is 0.478 e. The van der Waals surface area contributed by atoms with Crippen LogP contribution in [0.2, 0.25) is 0 Å². The van der Waals surface area contributed by atoms with Gasteiger partial charge in [0, 0.05) is 12.2 Å². The predicted molar refractivity (Wildman–Crippen MR) is 100 cm³/mol. The minimum absolute atomic E-state index is 0.110. The molecule has 1 fully saturated rings. The van der Waals surface area contributed by atoms with Gasteiger partial charge in [0.1, 0.15) is 6.04 Å². The lowest BCUT2D eigenvalue weighted by Gasteiger charge is -2.33. The molecule has 1 aliphatic rings. The summed E-state index contributed by atoms with van der Waals surface area (Å²) in [5.74, 6) is -1.47. The molecule has 3 rings (SSSR count). The van der Waals surface area contributed by atoms with Crippen molar-refractivity contribution in [2.75, 3.05) is 11.9 Å². The molecule has 7 nitrogen and oxygen atoms in total. The highest BCUT2D eigenvalue weighted by Gasteiger charge is 2.37. The fraction of sp³-hybridized carbons (Fsp3) is 0.263. The molecule has 1 heterocycles. The maximum absolute atomic E-state index is 13.0. The van der Waals surface area contributed by atoms with Crippen LogP contribution in [0.15, 0.2) is 59.5 Å². The Kier molecular flexibility index (Phi) is 5.57. The second-order valence-corrected chi connectivity index (χ2v) is 8.20. The van der Waals surface area contributed by atoms with E-state index in [0.717, 1.165) is 6.42 Å². The Labute approximate surface area is 157 Å². The standard InChI is InChI=1S/C19H20N2O5S/c22-18(20-15-11-9-14(10-12-15)19(23)24)17-8-4-5-13-21(17)27(25,26)16-6-2-1-3-7-16/h1-3,6-7,9-12,17H,4-5,8,13H2,(H,20,22)(H,23,24). The lowest BCUT2D eigenvalue weighted by molar-refractivity contribution is -0.120. The zero-order chi connectivity index (χ0) is 19.4. The van der Waals surface area contributed by atoms with Crippen LogP contribution in [0.25, 0.3) is 0 Å². The van der Waals surface area contributed by atoms with Crippen molar-refractivity contribution in [3.63, 3.8) is 0 Å². The number of nitrogens with one attached hydrogen (secondary N) is 1. The highest BCUT2D eigenvalue weighted by molar-refractivity contribution is 7.89. The minimum atomic E-state index is -3.77. The van der Waals surface area contributed by atoms with E-state index in [9.17, 15) is 18.0 Å². The number of hydrogen-bond acceptors (Lipinski definition) is 4. The van der Waals surface area contributed by atoms with Gasteiger partial charge in [-0.15, -0.1) is 0 Å². The second kappa shape index (κ2) is 7.89. The summed E-state index contributed by atoms with van der Waals surface area (Å²) in [4.78, 5) is 23.8. The Morgan fingerprint density at radius 1 is 1.00 bits per heavy atom. The topological polar surface area (TPSA) is 104 Å². The van der Waals surface area contributed by atoms with E-state index in [1.54, 1.807) is 18.2 Å². The van der Waals surface area contributed by atoms with E-state index in [1.165, 1.54) is 40.7 Å². The zero-order valence-electron chi connectivity index (χ0n) is 14.5. The highest BCUT2D eigenvalue weighted by atomic mass is 32.2. The van der Waals surface area contributed by atoms with Gasteiger partial charge in [-0.25, -0.2) is 13.2 Å². The summed E-state index contributed by atoms with van der Waals surface area (Å²) in [5.41, 5.74) is 0.534. The molecule has 2 aromatic carbocycles. The third-order valence-electron chi connectivity index (χ3n) is 4.51. The molecule has 0 aliphatic carbocycles. The van der Waals surface area contributed by atoms with Crippen molar-refractivity contribution >= 4 is 27.6 Å². The number of benzene rings is 2. The third kappa shape index (κ3) is 4.17. The molecule has 0 radical (unpaired) electrons. The number of carbonyl (C=O) groups is 2. The van der Waals surface area contributed by atoms with Crippen LogP contribution in [0.3, 0.4) is 0 Å². The van der Waals surface area contributed by atoms with Gasteiger partial charge in [-0.05, 0) is 49.2 Å². The summed E-state index contributed by atoms with van der Waals surface area (Å²) in [6.07, 6.45) is 1.89. The second-order valence-electron chi connectivity index (χ2n) is 6.31. The number of nitrogens with zero attached hydrogens (tertiary/aromatic N) is 1. The summed E-state index contributed by atoms with van der Waals surface area (Å²) >= 11 is 0. The fourth-order valence-electron chi connectivity index (χ4n) is 3.10. The van der Waals surface area contributed by atoms with Gasteiger partial charge < -0.3 is 10.4 Å². The Balaban J connectivity index is 1.80. The normalized spacial score (nSPS) is 18.0. The molecule has 1 aliphatic heterocycles. The van der Waals surface area contributed by atoms with Crippen LogP contribution in [-0.4, -0.2) is 42.3 Å². The molecule has 2 N–H and O–H groups in total. The summed E-state index contributed by atoms with van der Waals surface area (Å²) in [7, 11) is -3.77. The van der Waals surface area contributed by atoms with Crippen molar-refractivity contribution in [1.29, 1.82) is 0 Å². The average molecular weight is 388 g/mol. The van der Waals surface area contributed by atoms with Gasteiger partial charge in [0.15, 0.2) is 0 Å². The van der Waals surface area contributed by atoms with Crippen molar-refractivity contribution in [3.8, 4) is 0 Å². The smallest absolute Gasteiger partial charge is 0.335 e. The number of carboxylic acid groups (broad SMARTS) is 1. The van der Waals surface area contributed by atoms with Crippen molar-refractivity contribution in [2.45, 2.75) is 30.2 Å². The highest BCUT2D eigenvalue weighted by Crippen LogP contribution is 2.26. The van der Waals surface area contributed by atoms with Gasteiger partial charge in [0.2, 0.25) is 15.9 Å². The van der Waals surface area contributed by atoms with Gasteiger partial charge in [-0.3, -0.25) is 4.79 Å². The van der Waals surface area contributed by atoms with Gasteiger partial charge in [0.25, 0.3) is 0 Å². The number of carboxylic acids is 1. The molecule has 2 aromatic rings. The van der Waals surface area contributed by atoms with E-state index in [0.29, 0.717) is 18.5 Å². The van der Waals surface area contributed by atoms with Crippen LogP contribution in [0, 0.1) is 0 Å². The summed E-state index contributed by atoms with van der Waals surface area (Å²) in [6.45, 7) is 0.285. The first-order valence-electron chi connectivity index (χ1n) is 8.61. The molecule has 1 saturated heterocycles. The van der Waals surface area contributed by atoms with Gasteiger partial charge in [-0.2, -0.15) is 4.31 Å². The lowest BCUT2D eigenvalue weighted by Crippen LogP contribution is -2.49. The van der Waals surface area contributed by atoms with Crippen LogP contribution >= 0.6 is 0 Å². The van der Waals surface area contributed by atoms with Gasteiger partial charge in [-0.1, -0.05) is 24.6 Å². The van der Waals surface area contributed by atoms with E-state index in [1.807, 2.05) is 0 Å². The van der Waals surface area contributed by atoms with Crippen molar-refractivity contribution in [2.24, 2.45) is 0 Å². The number of sulfonamides is 1. The molecular weight excluding hydrogens is 368 g/mol. The first kappa shape index (κ1) is 19.1. The Morgan fingerprint density at radius 2 is 1.67 bits per heavy atom. The van der Waals surface area contributed by atoms with Crippen LogP contribution in [0.4, 0.5) is 5.69 Å². The SMILES string of the molecule is O=C(O)c1ccc(NC(=O)C2CCCCN2S(=O)(=O)c2ccccc2)cc1. The molecule has 0 aromatic heterocycles. The van der Waals surface area contributed by atoms with Crippen molar-refractivity contribution in [1.82, 2.24) is 4.31 Å². The van der Waals surface area contributed by atoms with Gasteiger partial charge >= 0.3 is 5.97 Å². The van der Waals surface area contributed by atoms with Crippen molar-refractivity contribution < 1.29 is 23.1 Å². The van der Waals surface area contributed by atoms with Crippen LogP contribution in [0.5, 0.6) is 0 Å². The first-order chi connectivity index (χ1) is 12.9. The quantitative estimate of drug-likeness (QED) is 0.819. The molecule has 1 unspecified atom stereocenters. The fourth-order valence-corrected chi connectivity index (χ4v) is 4.78. The number of hydrogen-bond donors (Lipinski definition) is 2. The minimum Gasteiger partial charge on any atom is -0.478 e. The van der Waals surface area contributed by atoms with Crippen LogP contribution in [0.1, 0.15) is 29.6 Å². The summed E-state index contributed by atoms with van der Waals surface area (Å²) < 4.78 is 27.2.